The maximum absolute atomic E-state index is 14.3. The Hall–Kier alpha value is -3.01. The fraction of sp³-hybridized carbons (Fsp3) is 0.500. The minimum Gasteiger partial charge on any atom is -0.463 e. The lowest BCUT2D eigenvalue weighted by atomic mass is 9.78. The maximum Gasteiger partial charge on any atom is 0.435 e. The van der Waals surface area contributed by atoms with Crippen LogP contribution in [0, 0.1) is 18.3 Å². The summed E-state index contributed by atoms with van der Waals surface area (Å²) in [4.78, 5) is 23.1. The topological polar surface area (TPSA) is 160 Å². The van der Waals surface area contributed by atoms with E-state index in [2.05, 4.69) is 20.9 Å². The number of aromatic nitrogens is 4. The fourth-order valence-corrected chi connectivity index (χ4v) is 3.68. The number of halogens is 1. The number of nitrogens with zero attached hydrogens (tertiary/aromatic N) is 5. The molecule has 28 heavy (non-hydrogen) atoms. The largest absolute Gasteiger partial charge is 0.463 e. The van der Waals surface area contributed by atoms with E-state index in [-0.39, 0.29) is 23.4 Å². The van der Waals surface area contributed by atoms with Crippen LogP contribution >= 0.6 is 0 Å². The quantitative estimate of drug-likeness (QED) is 0.402. The predicted octanol–water partition coefficient (Wildman–Crippen LogP) is -0.0782. The summed E-state index contributed by atoms with van der Waals surface area (Å²) in [6.07, 6.45) is 3.68. The highest BCUT2D eigenvalue weighted by Gasteiger charge is 2.60. The number of hydrogen-bond acceptors (Lipinski definition) is 8. The first kappa shape index (κ1) is 19.7. The number of carboxylic acid groups (broad SMARTS) is 1. The lowest BCUT2D eigenvalue weighted by Gasteiger charge is -2.35. The Morgan fingerprint density at radius 3 is 2.86 bits per heavy atom. The number of fused-ring (bicyclic) bond motifs is 1. The van der Waals surface area contributed by atoms with Gasteiger partial charge < -0.3 is 25.8 Å². The molecule has 2 aromatic heterocycles. The van der Waals surface area contributed by atoms with Crippen molar-refractivity contribution in [2.24, 2.45) is 5.92 Å². The van der Waals surface area contributed by atoms with Crippen LogP contribution in [-0.4, -0.2) is 70.4 Å². The van der Waals surface area contributed by atoms with Crippen molar-refractivity contribution in [1.82, 2.24) is 24.6 Å². The van der Waals surface area contributed by atoms with Gasteiger partial charge in [-0.3, -0.25) is 4.57 Å². The second-order valence-corrected chi connectivity index (χ2v) is 6.36. The molecule has 0 spiro atoms. The summed E-state index contributed by atoms with van der Waals surface area (Å²) < 4.78 is 21.3. The first-order chi connectivity index (χ1) is 13.3. The SMILES string of the molecule is C#C[C@@]1(O)C(C(CC)N(F)C(=O)O)C(CO)O[C@H]1n1cnc2c(N)ncnc21. The molecule has 5 N–H and O–H groups in total. The van der Waals surface area contributed by atoms with Gasteiger partial charge in [-0.15, -0.1) is 11.5 Å². The third kappa shape index (κ3) is 2.80. The molecule has 0 saturated carbocycles. The lowest BCUT2D eigenvalue weighted by Crippen LogP contribution is -2.52. The monoisotopic (exact) mass is 394 g/mol. The number of ether oxygens (including phenoxy) is 1. The van der Waals surface area contributed by atoms with Crippen LogP contribution in [0.15, 0.2) is 12.7 Å². The minimum atomic E-state index is -2.18. The van der Waals surface area contributed by atoms with Gasteiger partial charge in [0.25, 0.3) is 0 Å². The molecule has 3 unspecified atom stereocenters. The summed E-state index contributed by atoms with van der Waals surface area (Å²) >= 11 is 0. The van der Waals surface area contributed by atoms with Crippen molar-refractivity contribution in [3.05, 3.63) is 12.7 Å². The van der Waals surface area contributed by atoms with Gasteiger partial charge in [0.15, 0.2) is 23.3 Å². The average molecular weight is 394 g/mol. The molecular weight excluding hydrogens is 375 g/mol. The minimum absolute atomic E-state index is 0.0240. The number of rotatable bonds is 5. The van der Waals surface area contributed by atoms with E-state index < -0.39 is 47.7 Å². The molecule has 2 aromatic rings. The molecule has 3 heterocycles. The molecule has 12 heteroatoms. The highest BCUT2D eigenvalue weighted by Crippen LogP contribution is 2.46. The highest BCUT2D eigenvalue weighted by molar-refractivity contribution is 5.81. The third-order valence-electron chi connectivity index (χ3n) is 4.95. The molecule has 11 nitrogen and oxygen atoms in total. The van der Waals surface area contributed by atoms with Gasteiger partial charge >= 0.3 is 6.09 Å². The predicted molar refractivity (Wildman–Crippen MR) is 93.1 cm³/mol. The molecule has 0 aromatic carbocycles. The number of aliphatic hydroxyl groups is 2. The van der Waals surface area contributed by atoms with Gasteiger partial charge in [0, 0.05) is 0 Å². The van der Waals surface area contributed by atoms with Crippen molar-refractivity contribution in [2.75, 3.05) is 12.3 Å². The molecule has 1 fully saturated rings. The van der Waals surface area contributed by atoms with Crippen LogP contribution in [0.5, 0.6) is 0 Å². The normalized spacial score (nSPS) is 28.2. The van der Waals surface area contributed by atoms with Crippen LogP contribution in [0.3, 0.4) is 0 Å². The van der Waals surface area contributed by atoms with Crippen LogP contribution in [0.1, 0.15) is 19.6 Å². The Kier molecular flexibility index (Phi) is 5.07. The smallest absolute Gasteiger partial charge is 0.435 e. The Balaban J connectivity index is 2.12. The zero-order chi connectivity index (χ0) is 20.6. The van der Waals surface area contributed by atoms with Gasteiger partial charge in [0.1, 0.15) is 11.8 Å². The Morgan fingerprint density at radius 2 is 2.29 bits per heavy atom. The average Bonchev–Trinajstić information content (AvgIpc) is 3.23. The Bertz CT molecular complexity index is 932. The van der Waals surface area contributed by atoms with Crippen LogP contribution < -0.4 is 5.73 Å². The van der Waals surface area contributed by atoms with Crippen molar-refractivity contribution in [1.29, 1.82) is 0 Å². The number of terminal acetylenes is 1. The van der Waals surface area contributed by atoms with Gasteiger partial charge in [0.05, 0.1) is 31.0 Å². The molecule has 0 bridgehead atoms. The molecule has 1 aliphatic heterocycles. The lowest BCUT2D eigenvalue weighted by molar-refractivity contribution is -0.0788. The molecule has 1 aliphatic rings. The van der Waals surface area contributed by atoms with E-state index in [4.69, 9.17) is 22.0 Å². The van der Waals surface area contributed by atoms with Gasteiger partial charge in [-0.1, -0.05) is 17.3 Å². The van der Waals surface area contributed by atoms with E-state index in [1.54, 1.807) is 0 Å². The summed E-state index contributed by atoms with van der Waals surface area (Å²) in [6, 6.07) is -1.37. The van der Waals surface area contributed by atoms with Crippen LogP contribution in [0.4, 0.5) is 15.1 Å². The van der Waals surface area contributed by atoms with Crippen molar-refractivity contribution in [2.45, 2.75) is 37.3 Å². The number of carbonyl (C=O) groups is 1. The number of amides is 1. The fourth-order valence-electron chi connectivity index (χ4n) is 3.68. The van der Waals surface area contributed by atoms with Gasteiger partial charge in [-0.25, -0.2) is 19.7 Å². The number of imidazole rings is 1. The highest BCUT2D eigenvalue weighted by atomic mass is 19.2. The standard InChI is InChI=1S/C16H19FN6O5/c1-3-8(23(17)15(25)26)10-9(5-24)28-14(16(10,27)4-2)22-7-21-11-12(18)19-6-20-13(11)22/h2,6-10,14,24,27H,3,5H2,1H3,(H,25,26)(H2,18,19,20)/t8?,9?,10?,14-,16-/m1/s1. The number of nitrogens with two attached hydrogens (primary N) is 1. The molecule has 0 radical (unpaired) electrons. The maximum atomic E-state index is 14.3. The zero-order valence-corrected chi connectivity index (χ0v) is 14.8. The van der Waals surface area contributed by atoms with E-state index in [1.165, 1.54) is 24.1 Å². The first-order valence-electron chi connectivity index (χ1n) is 8.37. The van der Waals surface area contributed by atoms with Crippen molar-refractivity contribution < 1.29 is 29.3 Å². The van der Waals surface area contributed by atoms with Crippen LogP contribution in [-0.2, 0) is 4.74 Å². The van der Waals surface area contributed by atoms with E-state index in [1.807, 2.05) is 0 Å². The molecule has 150 valence electrons. The van der Waals surface area contributed by atoms with E-state index in [9.17, 15) is 19.5 Å². The van der Waals surface area contributed by atoms with E-state index >= 15 is 0 Å². The summed E-state index contributed by atoms with van der Waals surface area (Å²) in [7, 11) is 0. The third-order valence-corrected chi connectivity index (χ3v) is 4.95. The number of aliphatic hydroxyl groups excluding tert-OH is 1. The van der Waals surface area contributed by atoms with Gasteiger partial charge in [0.2, 0.25) is 0 Å². The second-order valence-electron chi connectivity index (χ2n) is 6.36. The summed E-state index contributed by atoms with van der Waals surface area (Å²) in [5, 5.41) is 29.6. The van der Waals surface area contributed by atoms with Crippen molar-refractivity contribution >= 4 is 23.1 Å². The molecule has 1 amide bonds. The Labute approximate surface area is 158 Å². The molecule has 0 aliphatic carbocycles. The molecule has 3 rings (SSSR count). The zero-order valence-electron chi connectivity index (χ0n) is 14.8. The summed E-state index contributed by atoms with van der Waals surface area (Å²) in [5.74, 6) is 1.01. The van der Waals surface area contributed by atoms with E-state index in [0.29, 0.717) is 0 Å². The Morgan fingerprint density at radius 1 is 1.57 bits per heavy atom. The van der Waals surface area contributed by atoms with Gasteiger partial charge in [-0.05, 0) is 6.42 Å². The van der Waals surface area contributed by atoms with Crippen LogP contribution in [0.25, 0.3) is 11.2 Å². The number of nitrogen functional groups attached to an aromatic ring is 1. The second kappa shape index (κ2) is 7.19. The first-order valence-corrected chi connectivity index (χ1v) is 8.37. The number of hydrogen-bond donors (Lipinski definition) is 4. The van der Waals surface area contributed by atoms with Crippen molar-refractivity contribution in [3.8, 4) is 12.3 Å². The summed E-state index contributed by atoms with van der Waals surface area (Å²) in [5.41, 5.74) is 4.02. The molecule has 5 atom stereocenters. The van der Waals surface area contributed by atoms with Gasteiger partial charge in [-0.2, -0.15) is 0 Å². The number of anilines is 1. The molecule has 1 saturated heterocycles. The van der Waals surface area contributed by atoms with Crippen LogP contribution in [0.2, 0.25) is 0 Å². The molecular formula is C16H19FN6O5. The summed E-state index contributed by atoms with van der Waals surface area (Å²) in [6.45, 7) is 0.901. The van der Waals surface area contributed by atoms with E-state index in [0.717, 1.165) is 0 Å². The van der Waals surface area contributed by atoms with Crippen molar-refractivity contribution in [3.63, 3.8) is 0 Å².